The number of rotatable bonds is 5. The van der Waals surface area contributed by atoms with Gasteiger partial charge < -0.3 is 14.6 Å². The summed E-state index contributed by atoms with van der Waals surface area (Å²) in [6.45, 7) is 5.86. The normalized spacial score (nSPS) is 17.6. The molecule has 1 aromatic heterocycles. The Morgan fingerprint density at radius 2 is 1.91 bits per heavy atom. The zero-order valence-corrected chi connectivity index (χ0v) is 13.7. The SMILES string of the molecule is CCC(CO)N1CCN(C(=O)Cn2ccc3ccccc32)CC1. The summed E-state index contributed by atoms with van der Waals surface area (Å²) in [5.41, 5.74) is 1.10. The third kappa shape index (κ3) is 3.41. The van der Waals surface area contributed by atoms with Gasteiger partial charge in [-0.15, -0.1) is 0 Å². The number of hydrogen-bond acceptors (Lipinski definition) is 3. The first-order valence-corrected chi connectivity index (χ1v) is 8.39. The van der Waals surface area contributed by atoms with Crippen LogP contribution >= 0.6 is 0 Å². The molecule has 0 aliphatic carbocycles. The van der Waals surface area contributed by atoms with Crippen molar-refractivity contribution in [1.29, 1.82) is 0 Å². The molecule has 0 radical (unpaired) electrons. The molecule has 0 spiro atoms. The highest BCUT2D eigenvalue weighted by atomic mass is 16.3. The van der Waals surface area contributed by atoms with Gasteiger partial charge in [0.05, 0.1) is 6.61 Å². The quantitative estimate of drug-likeness (QED) is 0.911. The second-order valence-electron chi connectivity index (χ2n) is 6.16. The van der Waals surface area contributed by atoms with E-state index in [-0.39, 0.29) is 18.6 Å². The number of aromatic nitrogens is 1. The molecule has 1 aliphatic rings. The molecule has 3 rings (SSSR count). The van der Waals surface area contributed by atoms with Gasteiger partial charge in [0, 0.05) is 43.9 Å². The summed E-state index contributed by atoms with van der Waals surface area (Å²) in [7, 11) is 0. The van der Waals surface area contributed by atoms with Crippen molar-refractivity contribution in [1.82, 2.24) is 14.4 Å². The summed E-state index contributed by atoms with van der Waals surface area (Å²) in [6, 6.07) is 10.4. The van der Waals surface area contributed by atoms with Crippen molar-refractivity contribution in [3.05, 3.63) is 36.5 Å². The summed E-state index contributed by atoms with van der Waals surface area (Å²) >= 11 is 0. The van der Waals surface area contributed by atoms with Gasteiger partial charge in [-0.25, -0.2) is 0 Å². The van der Waals surface area contributed by atoms with Crippen molar-refractivity contribution in [2.24, 2.45) is 0 Å². The minimum Gasteiger partial charge on any atom is -0.395 e. The number of amides is 1. The molecule has 23 heavy (non-hydrogen) atoms. The highest BCUT2D eigenvalue weighted by molar-refractivity contribution is 5.83. The Morgan fingerprint density at radius 3 is 2.61 bits per heavy atom. The Bertz CT molecular complexity index is 655. The lowest BCUT2D eigenvalue weighted by molar-refractivity contribution is -0.134. The average Bonchev–Trinajstić information content (AvgIpc) is 3.00. The zero-order chi connectivity index (χ0) is 16.2. The van der Waals surface area contributed by atoms with Crippen molar-refractivity contribution in [3.63, 3.8) is 0 Å². The number of aliphatic hydroxyl groups excluding tert-OH is 1. The van der Waals surface area contributed by atoms with Crippen molar-refractivity contribution < 1.29 is 9.90 Å². The van der Waals surface area contributed by atoms with Crippen molar-refractivity contribution in [3.8, 4) is 0 Å². The van der Waals surface area contributed by atoms with Crippen LogP contribution in [0.2, 0.25) is 0 Å². The van der Waals surface area contributed by atoms with E-state index in [1.54, 1.807) is 0 Å². The van der Waals surface area contributed by atoms with Gasteiger partial charge in [-0.2, -0.15) is 0 Å². The fourth-order valence-electron chi connectivity index (χ4n) is 3.36. The molecular weight excluding hydrogens is 290 g/mol. The Hall–Kier alpha value is -1.85. The maximum absolute atomic E-state index is 12.6. The molecule has 1 N–H and O–H groups in total. The molecule has 5 nitrogen and oxygen atoms in total. The van der Waals surface area contributed by atoms with Crippen molar-refractivity contribution in [2.75, 3.05) is 32.8 Å². The van der Waals surface area contributed by atoms with Gasteiger partial charge in [-0.3, -0.25) is 9.69 Å². The number of carbonyl (C=O) groups excluding carboxylic acids is 1. The van der Waals surface area contributed by atoms with E-state index in [4.69, 9.17) is 0 Å². The van der Waals surface area contributed by atoms with E-state index in [0.717, 1.165) is 38.1 Å². The first kappa shape index (κ1) is 16.0. The molecule has 1 aromatic carbocycles. The summed E-state index contributed by atoms with van der Waals surface area (Å²) in [5, 5.41) is 10.6. The van der Waals surface area contributed by atoms with Crippen LogP contribution in [0.15, 0.2) is 36.5 Å². The first-order chi connectivity index (χ1) is 11.2. The molecule has 5 heteroatoms. The Morgan fingerprint density at radius 1 is 1.17 bits per heavy atom. The second kappa shape index (κ2) is 7.15. The van der Waals surface area contributed by atoms with Gasteiger partial charge in [0.15, 0.2) is 0 Å². The molecule has 1 amide bonds. The van der Waals surface area contributed by atoms with Crippen molar-refractivity contribution >= 4 is 16.8 Å². The average molecular weight is 315 g/mol. The molecule has 1 fully saturated rings. The number of carbonyl (C=O) groups is 1. The van der Waals surface area contributed by atoms with E-state index in [1.807, 2.05) is 39.9 Å². The van der Waals surface area contributed by atoms with E-state index in [1.165, 1.54) is 5.39 Å². The highest BCUT2D eigenvalue weighted by Crippen LogP contribution is 2.16. The number of hydrogen-bond donors (Lipinski definition) is 1. The summed E-state index contributed by atoms with van der Waals surface area (Å²) in [4.78, 5) is 16.8. The van der Waals surface area contributed by atoms with Gasteiger partial charge in [0.25, 0.3) is 0 Å². The van der Waals surface area contributed by atoms with Gasteiger partial charge in [0.2, 0.25) is 5.91 Å². The minimum absolute atomic E-state index is 0.169. The number of benzene rings is 1. The maximum atomic E-state index is 12.6. The summed E-state index contributed by atoms with van der Waals surface area (Å²) in [5.74, 6) is 0.169. The molecular formula is C18H25N3O2. The predicted molar refractivity (Wildman–Crippen MR) is 91.3 cm³/mol. The smallest absolute Gasteiger partial charge is 0.242 e. The van der Waals surface area contributed by atoms with Gasteiger partial charge in [-0.1, -0.05) is 25.1 Å². The lowest BCUT2D eigenvalue weighted by Gasteiger charge is -2.38. The van der Waals surface area contributed by atoms with Gasteiger partial charge >= 0.3 is 0 Å². The number of piperazine rings is 1. The third-order valence-electron chi connectivity index (χ3n) is 4.85. The fourth-order valence-corrected chi connectivity index (χ4v) is 3.36. The van der Waals surface area contributed by atoms with Crippen LogP contribution in [0.3, 0.4) is 0 Å². The molecule has 124 valence electrons. The van der Waals surface area contributed by atoms with Crippen LogP contribution in [-0.2, 0) is 11.3 Å². The largest absolute Gasteiger partial charge is 0.395 e. The molecule has 1 aliphatic heterocycles. The Kier molecular flexibility index (Phi) is 4.98. The van der Waals surface area contributed by atoms with Crippen LogP contribution in [0.25, 0.3) is 10.9 Å². The fraction of sp³-hybridized carbons (Fsp3) is 0.500. The standard InChI is InChI=1S/C18H25N3O2/c1-2-16(14-22)19-9-11-20(12-10-19)18(23)13-21-8-7-15-5-3-4-6-17(15)21/h3-8,16,22H,2,9-14H2,1H3. The number of fused-ring (bicyclic) bond motifs is 1. The van der Waals surface area contributed by atoms with Crippen LogP contribution in [0.1, 0.15) is 13.3 Å². The van der Waals surface area contributed by atoms with E-state index in [0.29, 0.717) is 6.54 Å². The lowest BCUT2D eigenvalue weighted by Crippen LogP contribution is -2.53. The van der Waals surface area contributed by atoms with Crippen LogP contribution in [-0.4, -0.2) is 64.2 Å². The van der Waals surface area contributed by atoms with Crippen molar-refractivity contribution in [2.45, 2.75) is 25.9 Å². The van der Waals surface area contributed by atoms with Gasteiger partial charge in [0.1, 0.15) is 6.54 Å². The summed E-state index contributed by atoms with van der Waals surface area (Å²) < 4.78 is 2.02. The van der Waals surface area contributed by atoms with Crippen LogP contribution < -0.4 is 0 Å². The third-order valence-corrected chi connectivity index (χ3v) is 4.85. The molecule has 1 saturated heterocycles. The lowest BCUT2D eigenvalue weighted by atomic mass is 10.1. The van der Waals surface area contributed by atoms with E-state index >= 15 is 0 Å². The monoisotopic (exact) mass is 315 g/mol. The molecule has 0 saturated carbocycles. The number of para-hydroxylation sites is 1. The second-order valence-corrected chi connectivity index (χ2v) is 6.16. The van der Waals surface area contributed by atoms with Crippen LogP contribution in [0, 0.1) is 0 Å². The van der Waals surface area contributed by atoms with Gasteiger partial charge in [-0.05, 0) is 23.9 Å². The zero-order valence-electron chi connectivity index (χ0n) is 13.7. The van der Waals surface area contributed by atoms with Crippen LogP contribution in [0.4, 0.5) is 0 Å². The Balaban J connectivity index is 1.60. The molecule has 1 atom stereocenters. The first-order valence-electron chi connectivity index (χ1n) is 8.39. The van der Waals surface area contributed by atoms with E-state index in [9.17, 15) is 9.90 Å². The van der Waals surface area contributed by atoms with E-state index < -0.39 is 0 Å². The summed E-state index contributed by atoms with van der Waals surface area (Å²) in [6.07, 6.45) is 2.93. The highest BCUT2D eigenvalue weighted by Gasteiger charge is 2.25. The topological polar surface area (TPSA) is 48.7 Å². The number of nitrogens with zero attached hydrogens (tertiary/aromatic N) is 3. The molecule has 1 unspecified atom stereocenters. The number of aliphatic hydroxyl groups is 1. The molecule has 0 bridgehead atoms. The Labute approximate surface area is 137 Å². The molecule has 2 aromatic rings. The minimum atomic E-state index is 0.169. The van der Waals surface area contributed by atoms with Crippen LogP contribution in [0.5, 0.6) is 0 Å². The molecule has 2 heterocycles. The maximum Gasteiger partial charge on any atom is 0.242 e. The van der Waals surface area contributed by atoms with E-state index in [2.05, 4.69) is 17.9 Å². The predicted octanol–water partition coefficient (Wildman–Crippen LogP) is 1.56.